The molecule has 1 N–H and O–H groups in total. The Kier molecular flexibility index (Phi) is 5.75. The van der Waals surface area contributed by atoms with Gasteiger partial charge >= 0.3 is 11.9 Å². The predicted octanol–water partition coefficient (Wildman–Crippen LogP) is 2.22. The van der Waals surface area contributed by atoms with Crippen LogP contribution in [0.25, 0.3) is 0 Å². The van der Waals surface area contributed by atoms with Gasteiger partial charge in [-0.2, -0.15) is 0 Å². The number of ether oxygens (including phenoxy) is 1. The fourth-order valence-corrected chi connectivity index (χ4v) is 1.35. The summed E-state index contributed by atoms with van der Waals surface area (Å²) in [6.07, 6.45) is 0. The molecule has 0 spiro atoms. The highest BCUT2D eigenvalue weighted by Crippen LogP contribution is 2.18. The molecule has 0 bridgehead atoms. The van der Waals surface area contributed by atoms with Gasteiger partial charge in [-0.1, -0.05) is 11.6 Å². The van der Waals surface area contributed by atoms with Crippen LogP contribution in [0, 0.1) is 0 Å². The summed E-state index contributed by atoms with van der Waals surface area (Å²) in [5.74, 6) is -2.03. The lowest BCUT2D eigenvalue weighted by atomic mass is 10.2. The molecule has 6 heteroatoms. The quantitative estimate of drug-likeness (QED) is 0.614. The Morgan fingerprint density at radius 2 is 2.00 bits per heavy atom. The molecule has 0 rings (SSSR count). The molecule has 86 valence electrons. The monoisotopic (exact) mass is 252 g/mol. The molecular formula is C9H13ClO4S. The van der Waals surface area contributed by atoms with Gasteiger partial charge in [-0.15, -0.1) is 11.8 Å². The number of carboxylic acid groups (broad SMARTS) is 1. The maximum Gasteiger partial charge on any atom is 0.331 e. The minimum absolute atomic E-state index is 0.698. The van der Waals surface area contributed by atoms with Gasteiger partial charge in [-0.05, 0) is 26.2 Å². The van der Waals surface area contributed by atoms with Gasteiger partial charge in [0.05, 0.1) is 0 Å². The number of rotatable bonds is 4. The van der Waals surface area contributed by atoms with Gasteiger partial charge in [0.15, 0.2) is 0 Å². The van der Waals surface area contributed by atoms with E-state index >= 15 is 0 Å². The summed E-state index contributed by atoms with van der Waals surface area (Å²) in [7, 11) is 0. The lowest BCUT2D eigenvalue weighted by molar-refractivity contribution is -0.158. The van der Waals surface area contributed by atoms with E-state index in [9.17, 15) is 9.59 Å². The highest BCUT2D eigenvalue weighted by Gasteiger charge is 2.30. The molecule has 0 heterocycles. The van der Waals surface area contributed by atoms with Crippen LogP contribution in [0.3, 0.4) is 0 Å². The maximum absolute atomic E-state index is 11.4. The fourth-order valence-electron chi connectivity index (χ4n) is 0.678. The first kappa shape index (κ1) is 14.3. The number of halogens is 1. The third kappa shape index (κ3) is 6.41. The topological polar surface area (TPSA) is 63.6 Å². The zero-order valence-electron chi connectivity index (χ0n) is 8.69. The Bertz CT molecular complexity index is 270. The van der Waals surface area contributed by atoms with Crippen LogP contribution in [-0.4, -0.2) is 27.9 Å². The zero-order chi connectivity index (χ0) is 12.1. The SMILES string of the molecule is CC(C)(C)OC(=O)C(S/C=C/Cl)C(=O)O. The van der Waals surface area contributed by atoms with Crippen LogP contribution < -0.4 is 0 Å². The van der Waals surface area contributed by atoms with Crippen LogP contribution in [-0.2, 0) is 14.3 Å². The highest BCUT2D eigenvalue weighted by molar-refractivity contribution is 8.04. The van der Waals surface area contributed by atoms with Gasteiger partial charge in [0, 0.05) is 5.54 Å². The van der Waals surface area contributed by atoms with Crippen molar-refractivity contribution >= 4 is 35.3 Å². The molecule has 0 aromatic carbocycles. The second kappa shape index (κ2) is 6.02. The largest absolute Gasteiger partial charge is 0.480 e. The Labute approximate surface area is 97.6 Å². The molecule has 0 saturated carbocycles. The van der Waals surface area contributed by atoms with Crippen molar-refractivity contribution in [1.82, 2.24) is 0 Å². The van der Waals surface area contributed by atoms with Crippen LogP contribution in [0.2, 0.25) is 0 Å². The van der Waals surface area contributed by atoms with Gasteiger partial charge in [0.2, 0.25) is 5.25 Å². The van der Waals surface area contributed by atoms with Crippen LogP contribution in [0.15, 0.2) is 10.9 Å². The Balaban J connectivity index is 4.50. The Hall–Kier alpha value is -0.680. The Morgan fingerprint density at radius 1 is 1.47 bits per heavy atom. The van der Waals surface area contributed by atoms with Crippen molar-refractivity contribution in [2.75, 3.05) is 0 Å². The maximum atomic E-state index is 11.4. The number of hydrogen-bond acceptors (Lipinski definition) is 4. The normalized spacial score (nSPS) is 13.9. The van der Waals surface area contributed by atoms with Crippen LogP contribution in [0.4, 0.5) is 0 Å². The summed E-state index contributed by atoms with van der Waals surface area (Å²) >= 11 is 6.03. The van der Waals surface area contributed by atoms with E-state index in [1.165, 1.54) is 5.41 Å². The van der Waals surface area contributed by atoms with Crippen molar-refractivity contribution in [3.8, 4) is 0 Å². The predicted molar refractivity (Wildman–Crippen MR) is 59.9 cm³/mol. The van der Waals surface area contributed by atoms with E-state index in [2.05, 4.69) is 0 Å². The standard InChI is InChI=1S/C9H13ClO4S/c1-9(2,3)14-8(13)6(7(11)12)15-5-4-10/h4-6H,1-3H3,(H,11,12)/b5-4+. The minimum Gasteiger partial charge on any atom is -0.480 e. The molecule has 0 aliphatic carbocycles. The van der Waals surface area contributed by atoms with E-state index in [-0.39, 0.29) is 0 Å². The first-order chi connectivity index (χ1) is 6.78. The molecule has 0 aliphatic rings. The van der Waals surface area contributed by atoms with Crippen molar-refractivity contribution in [3.63, 3.8) is 0 Å². The molecule has 15 heavy (non-hydrogen) atoms. The molecule has 0 fully saturated rings. The molecular weight excluding hydrogens is 240 g/mol. The molecule has 0 saturated heterocycles. The third-order valence-corrected chi connectivity index (χ3v) is 2.35. The number of esters is 1. The van der Waals surface area contributed by atoms with E-state index in [0.717, 1.165) is 17.3 Å². The fraction of sp³-hybridized carbons (Fsp3) is 0.556. The van der Waals surface area contributed by atoms with Crippen LogP contribution in [0.1, 0.15) is 20.8 Å². The lowest BCUT2D eigenvalue weighted by Crippen LogP contribution is -2.34. The molecule has 0 aromatic heterocycles. The number of thioether (sulfide) groups is 1. The van der Waals surface area contributed by atoms with E-state index in [1.807, 2.05) is 0 Å². The Morgan fingerprint density at radius 3 is 2.33 bits per heavy atom. The van der Waals surface area contributed by atoms with E-state index < -0.39 is 22.8 Å². The molecule has 0 aromatic rings. The number of carboxylic acids is 1. The van der Waals surface area contributed by atoms with Crippen molar-refractivity contribution in [2.45, 2.75) is 31.6 Å². The summed E-state index contributed by atoms with van der Waals surface area (Å²) in [6, 6.07) is 0. The van der Waals surface area contributed by atoms with Gasteiger partial charge < -0.3 is 9.84 Å². The molecule has 1 atom stereocenters. The average Bonchev–Trinajstić information content (AvgIpc) is 2.00. The second-order valence-corrected chi connectivity index (χ2v) is 4.92. The van der Waals surface area contributed by atoms with Crippen molar-refractivity contribution in [1.29, 1.82) is 0 Å². The van der Waals surface area contributed by atoms with E-state index in [1.54, 1.807) is 20.8 Å². The summed E-state index contributed by atoms with van der Waals surface area (Å²) in [4.78, 5) is 22.1. The molecule has 0 amide bonds. The second-order valence-electron chi connectivity index (χ2n) is 3.65. The number of aliphatic carboxylic acids is 1. The van der Waals surface area contributed by atoms with Gasteiger partial charge in [0.25, 0.3) is 0 Å². The number of carbonyl (C=O) groups is 2. The third-order valence-electron chi connectivity index (χ3n) is 1.11. The smallest absolute Gasteiger partial charge is 0.331 e. The van der Waals surface area contributed by atoms with Crippen molar-refractivity contribution < 1.29 is 19.4 Å². The lowest BCUT2D eigenvalue weighted by Gasteiger charge is -2.21. The summed E-state index contributed by atoms with van der Waals surface area (Å²) < 4.78 is 4.94. The molecule has 0 aliphatic heterocycles. The molecule has 4 nitrogen and oxygen atoms in total. The minimum atomic E-state index is -1.28. The number of hydrogen-bond donors (Lipinski definition) is 1. The first-order valence-electron chi connectivity index (χ1n) is 4.14. The summed E-state index contributed by atoms with van der Waals surface area (Å²) in [6.45, 7) is 5.02. The number of carbonyl (C=O) groups excluding carboxylic acids is 1. The van der Waals surface area contributed by atoms with E-state index in [4.69, 9.17) is 21.4 Å². The van der Waals surface area contributed by atoms with Crippen LogP contribution >= 0.6 is 23.4 Å². The van der Waals surface area contributed by atoms with Crippen molar-refractivity contribution in [3.05, 3.63) is 10.9 Å². The first-order valence-corrected chi connectivity index (χ1v) is 5.52. The van der Waals surface area contributed by atoms with Crippen LogP contribution in [0.5, 0.6) is 0 Å². The summed E-state index contributed by atoms with van der Waals surface area (Å²) in [5.41, 5.74) is 0.445. The van der Waals surface area contributed by atoms with Gasteiger partial charge in [0.1, 0.15) is 5.60 Å². The zero-order valence-corrected chi connectivity index (χ0v) is 10.3. The average molecular weight is 253 g/mol. The van der Waals surface area contributed by atoms with Gasteiger partial charge in [-0.3, -0.25) is 9.59 Å². The van der Waals surface area contributed by atoms with E-state index in [0.29, 0.717) is 0 Å². The highest BCUT2D eigenvalue weighted by atomic mass is 35.5. The molecule has 1 unspecified atom stereocenters. The summed E-state index contributed by atoms with van der Waals surface area (Å²) in [5, 5.41) is 8.81. The van der Waals surface area contributed by atoms with Gasteiger partial charge in [-0.25, -0.2) is 0 Å². The molecule has 0 radical (unpaired) electrons. The van der Waals surface area contributed by atoms with Crippen molar-refractivity contribution in [2.24, 2.45) is 0 Å².